The minimum Gasteiger partial charge on any atom is -0.450 e. The third-order valence-corrected chi connectivity index (χ3v) is 0.957. The van der Waals surface area contributed by atoms with E-state index in [4.69, 9.17) is 30.0 Å². The summed E-state index contributed by atoms with van der Waals surface area (Å²) in [5.41, 5.74) is 0. The fourth-order valence-corrected chi connectivity index (χ4v) is 0.500. The van der Waals surface area contributed by atoms with E-state index in [-0.39, 0.29) is 7.43 Å². The summed E-state index contributed by atoms with van der Waals surface area (Å²) in [4.78, 5) is 17.1. The molecule has 0 spiro atoms. The summed E-state index contributed by atoms with van der Waals surface area (Å²) < 4.78 is 0. The van der Waals surface area contributed by atoms with Crippen molar-refractivity contribution in [2.24, 2.45) is 0 Å². The van der Waals surface area contributed by atoms with Crippen molar-refractivity contribution >= 4 is 12.3 Å². The quantitative estimate of drug-likeness (QED) is 0.546. The van der Waals surface area contributed by atoms with Gasteiger partial charge in [0.1, 0.15) is 0 Å². The molecule has 0 radical (unpaired) electrons. The Kier molecular flexibility index (Phi) is 35.7. The van der Waals surface area contributed by atoms with E-state index in [9.17, 15) is 0 Å². The lowest BCUT2D eigenvalue weighted by Crippen LogP contribution is -1.81. The van der Waals surface area contributed by atoms with Crippen LogP contribution in [0.5, 0.6) is 0 Å². The maximum Gasteiger partial charge on any atom is 0.503 e. The molecule has 0 bridgehead atoms. The standard InChI is InChI=1S/C6H14.2CH2O3.CH4/c1-3-5-6-4-2;2*2-1(3)4;/h3-6H2,1-2H3;2*(H2,2,3,4);1H4. The van der Waals surface area contributed by atoms with Crippen LogP contribution in [0.1, 0.15) is 47.0 Å². The van der Waals surface area contributed by atoms with E-state index in [2.05, 4.69) is 13.8 Å². The highest BCUT2D eigenvalue weighted by atomic mass is 16.6. The molecule has 94 valence electrons. The van der Waals surface area contributed by atoms with Crippen molar-refractivity contribution in [1.82, 2.24) is 0 Å². The van der Waals surface area contributed by atoms with Gasteiger partial charge in [0.15, 0.2) is 0 Å². The fraction of sp³-hybridized carbons (Fsp3) is 0.778. The minimum absolute atomic E-state index is 0. The predicted molar refractivity (Wildman–Crippen MR) is 57.9 cm³/mol. The third-order valence-electron chi connectivity index (χ3n) is 0.957. The lowest BCUT2D eigenvalue weighted by atomic mass is 10.2. The van der Waals surface area contributed by atoms with Crippen LogP contribution in [0.15, 0.2) is 0 Å². The predicted octanol–water partition coefficient (Wildman–Crippen LogP) is 3.67. The summed E-state index contributed by atoms with van der Waals surface area (Å²) in [5, 5.41) is 27.9. The van der Waals surface area contributed by atoms with Crippen LogP contribution in [0.3, 0.4) is 0 Å². The number of rotatable bonds is 3. The van der Waals surface area contributed by atoms with E-state index in [1.165, 1.54) is 25.7 Å². The van der Waals surface area contributed by atoms with Crippen LogP contribution < -0.4 is 0 Å². The Bertz CT molecular complexity index is 111. The van der Waals surface area contributed by atoms with E-state index in [0.29, 0.717) is 0 Å². The maximum absolute atomic E-state index is 8.56. The van der Waals surface area contributed by atoms with E-state index in [1.807, 2.05) is 0 Å². The average Bonchev–Trinajstić information content (AvgIpc) is 1.98. The molecule has 0 aliphatic heterocycles. The second-order valence-electron chi connectivity index (χ2n) is 2.27. The van der Waals surface area contributed by atoms with Gasteiger partial charge in [-0.15, -0.1) is 0 Å². The van der Waals surface area contributed by atoms with Gasteiger partial charge in [-0.2, -0.15) is 0 Å². The smallest absolute Gasteiger partial charge is 0.450 e. The zero-order chi connectivity index (χ0) is 12.0. The lowest BCUT2D eigenvalue weighted by molar-refractivity contribution is 0.135. The highest BCUT2D eigenvalue weighted by Crippen LogP contribution is 1.95. The normalized spacial score (nSPS) is 6.80. The van der Waals surface area contributed by atoms with Gasteiger partial charge in [-0.1, -0.05) is 47.0 Å². The summed E-state index contributed by atoms with van der Waals surface area (Å²) in [6, 6.07) is 0. The van der Waals surface area contributed by atoms with E-state index >= 15 is 0 Å². The van der Waals surface area contributed by atoms with Crippen molar-refractivity contribution in [2.45, 2.75) is 47.0 Å². The lowest BCUT2D eigenvalue weighted by Gasteiger charge is -1.86. The van der Waals surface area contributed by atoms with Crippen molar-refractivity contribution in [2.75, 3.05) is 0 Å². The van der Waals surface area contributed by atoms with Crippen molar-refractivity contribution < 1.29 is 30.0 Å². The molecule has 4 N–H and O–H groups in total. The zero-order valence-electron chi connectivity index (χ0n) is 8.43. The fourth-order valence-electron chi connectivity index (χ4n) is 0.500. The first-order chi connectivity index (χ1) is 6.38. The molecule has 0 amide bonds. The molecule has 0 unspecified atom stereocenters. The number of hydrogen-bond donors (Lipinski definition) is 4. The molecule has 0 aliphatic rings. The topological polar surface area (TPSA) is 115 Å². The van der Waals surface area contributed by atoms with Gasteiger partial charge in [-0.05, 0) is 0 Å². The molecule has 0 fully saturated rings. The third kappa shape index (κ3) is 587. The maximum atomic E-state index is 8.56. The Morgan fingerprint density at radius 2 is 0.933 bits per heavy atom. The molecular formula is C9H22O6. The molecule has 0 aromatic rings. The summed E-state index contributed by atoms with van der Waals surface area (Å²) in [5.74, 6) is 0. The highest BCUT2D eigenvalue weighted by molar-refractivity contribution is 5.53. The molecule has 0 rings (SSSR count). The van der Waals surface area contributed by atoms with Gasteiger partial charge in [0.25, 0.3) is 0 Å². The number of carboxylic acid groups (broad SMARTS) is 4. The molecular weight excluding hydrogens is 204 g/mol. The second kappa shape index (κ2) is 22.9. The molecule has 6 heteroatoms. The molecule has 0 saturated heterocycles. The monoisotopic (exact) mass is 226 g/mol. The molecule has 6 nitrogen and oxygen atoms in total. The van der Waals surface area contributed by atoms with Crippen LogP contribution in [0.4, 0.5) is 9.59 Å². The SMILES string of the molecule is C.CCCCCC.O=C(O)O.O=C(O)O. The van der Waals surface area contributed by atoms with Gasteiger partial charge in [-0.25, -0.2) is 9.59 Å². The number of carbonyl (C=O) groups is 2. The number of hydrogen-bond acceptors (Lipinski definition) is 2. The Labute approximate surface area is 90.2 Å². The summed E-state index contributed by atoms with van der Waals surface area (Å²) in [6.07, 6.45) is 1.87. The van der Waals surface area contributed by atoms with Crippen molar-refractivity contribution in [3.63, 3.8) is 0 Å². The van der Waals surface area contributed by atoms with Gasteiger partial charge < -0.3 is 20.4 Å². The summed E-state index contributed by atoms with van der Waals surface area (Å²) in [7, 11) is 0. The van der Waals surface area contributed by atoms with Crippen LogP contribution in [-0.2, 0) is 0 Å². The molecule has 0 aliphatic carbocycles. The zero-order valence-corrected chi connectivity index (χ0v) is 8.43. The van der Waals surface area contributed by atoms with Gasteiger partial charge in [0.05, 0.1) is 0 Å². The van der Waals surface area contributed by atoms with Crippen LogP contribution >= 0.6 is 0 Å². The Hall–Kier alpha value is -1.46. The van der Waals surface area contributed by atoms with Gasteiger partial charge in [0, 0.05) is 0 Å². The minimum atomic E-state index is -1.83. The molecule has 0 saturated carbocycles. The largest absolute Gasteiger partial charge is 0.503 e. The first-order valence-electron chi connectivity index (χ1n) is 4.22. The van der Waals surface area contributed by atoms with Crippen LogP contribution in [0, 0.1) is 0 Å². The highest BCUT2D eigenvalue weighted by Gasteiger charge is 1.75. The van der Waals surface area contributed by atoms with Crippen molar-refractivity contribution in [3.05, 3.63) is 0 Å². The number of unbranched alkanes of at least 4 members (excludes halogenated alkanes) is 3. The molecule has 0 heterocycles. The summed E-state index contributed by atoms with van der Waals surface area (Å²) >= 11 is 0. The molecule has 0 aromatic carbocycles. The first-order valence-corrected chi connectivity index (χ1v) is 4.22. The van der Waals surface area contributed by atoms with E-state index in [1.54, 1.807) is 0 Å². The summed E-state index contributed by atoms with van der Waals surface area (Å²) in [6.45, 7) is 4.46. The molecule has 0 atom stereocenters. The van der Waals surface area contributed by atoms with Gasteiger partial charge >= 0.3 is 12.3 Å². The Morgan fingerprint density at radius 3 is 1.00 bits per heavy atom. The van der Waals surface area contributed by atoms with Gasteiger partial charge in [0.2, 0.25) is 0 Å². The van der Waals surface area contributed by atoms with E-state index < -0.39 is 12.3 Å². The molecule has 0 aromatic heterocycles. The first kappa shape index (κ1) is 23.4. The molecule has 15 heavy (non-hydrogen) atoms. The van der Waals surface area contributed by atoms with Crippen molar-refractivity contribution in [3.8, 4) is 0 Å². The van der Waals surface area contributed by atoms with E-state index in [0.717, 1.165) is 0 Å². The van der Waals surface area contributed by atoms with Crippen LogP contribution in [0.25, 0.3) is 0 Å². The van der Waals surface area contributed by atoms with Crippen LogP contribution in [0.2, 0.25) is 0 Å². The van der Waals surface area contributed by atoms with Crippen LogP contribution in [-0.4, -0.2) is 32.7 Å². The Morgan fingerprint density at radius 1 is 0.800 bits per heavy atom. The Balaban J connectivity index is -0.0000000606. The average molecular weight is 226 g/mol. The second-order valence-corrected chi connectivity index (χ2v) is 2.27. The van der Waals surface area contributed by atoms with Crippen molar-refractivity contribution in [1.29, 1.82) is 0 Å². The van der Waals surface area contributed by atoms with Gasteiger partial charge in [-0.3, -0.25) is 0 Å².